The predicted molar refractivity (Wildman–Crippen MR) is 80.1 cm³/mol. The van der Waals surface area contributed by atoms with E-state index in [-0.39, 0.29) is 5.54 Å². The van der Waals surface area contributed by atoms with Crippen molar-refractivity contribution in [1.29, 1.82) is 5.26 Å². The van der Waals surface area contributed by atoms with E-state index in [1.54, 1.807) is 0 Å². The lowest BCUT2D eigenvalue weighted by Gasteiger charge is -2.36. The van der Waals surface area contributed by atoms with Crippen molar-refractivity contribution in [2.75, 3.05) is 40.3 Å². The van der Waals surface area contributed by atoms with E-state index in [0.29, 0.717) is 0 Å². The van der Waals surface area contributed by atoms with E-state index < -0.39 is 0 Å². The molecule has 19 heavy (non-hydrogen) atoms. The van der Waals surface area contributed by atoms with E-state index >= 15 is 0 Å². The predicted octanol–water partition coefficient (Wildman–Crippen LogP) is 1.68. The van der Waals surface area contributed by atoms with Gasteiger partial charge in [-0.15, -0.1) is 0 Å². The summed E-state index contributed by atoms with van der Waals surface area (Å²) in [6.45, 7) is 8.44. The average molecular weight is 266 g/mol. The standard InChI is InChI=1S/C15H30N4/c1-5-9-17-15(2,13-16)8-12-19-10-6-14(7-11-19)18(3)4/h14,17H,5-12H2,1-4H3. The monoisotopic (exact) mass is 266 g/mol. The molecule has 0 saturated carbocycles. The molecule has 0 aliphatic carbocycles. The Hall–Kier alpha value is -0.630. The molecule has 4 heteroatoms. The second-order valence-corrected chi connectivity index (χ2v) is 6.16. The van der Waals surface area contributed by atoms with Crippen LogP contribution in [-0.2, 0) is 0 Å². The van der Waals surface area contributed by atoms with Gasteiger partial charge in [0.15, 0.2) is 0 Å². The number of nitriles is 1. The normalized spacial score (nSPS) is 21.3. The minimum absolute atomic E-state index is 0.367. The van der Waals surface area contributed by atoms with Crippen LogP contribution in [0.3, 0.4) is 0 Å². The van der Waals surface area contributed by atoms with E-state index in [1.807, 2.05) is 6.92 Å². The van der Waals surface area contributed by atoms with Gasteiger partial charge in [-0.05, 0) is 66.3 Å². The first-order valence-electron chi connectivity index (χ1n) is 7.56. The molecule has 0 amide bonds. The second-order valence-electron chi connectivity index (χ2n) is 6.16. The third-order valence-corrected chi connectivity index (χ3v) is 4.23. The van der Waals surface area contributed by atoms with Gasteiger partial charge >= 0.3 is 0 Å². The van der Waals surface area contributed by atoms with E-state index in [9.17, 15) is 5.26 Å². The maximum Gasteiger partial charge on any atom is 0.105 e. The third kappa shape index (κ3) is 5.48. The molecular formula is C15H30N4. The minimum Gasteiger partial charge on any atom is -0.306 e. The van der Waals surface area contributed by atoms with Crippen molar-refractivity contribution < 1.29 is 0 Å². The number of nitrogens with zero attached hydrogens (tertiary/aromatic N) is 3. The fraction of sp³-hybridized carbons (Fsp3) is 0.933. The van der Waals surface area contributed by atoms with Crippen molar-refractivity contribution in [1.82, 2.24) is 15.1 Å². The molecular weight excluding hydrogens is 236 g/mol. The number of hydrogen-bond donors (Lipinski definition) is 1. The van der Waals surface area contributed by atoms with Crippen LogP contribution >= 0.6 is 0 Å². The molecule has 1 saturated heterocycles. The van der Waals surface area contributed by atoms with Crippen LogP contribution in [0.15, 0.2) is 0 Å². The molecule has 0 aromatic carbocycles. The van der Waals surface area contributed by atoms with Gasteiger partial charge in [0.05, 0.1) is 6.07 Å². The molecule has 1 atom stereocenters. The Morgan fingerprint density at radius 2 is 2.00 bits per heavy atom. The number of nitrogens with one attached hydrogen (secondary N) is 1. The third-order valence-electron chi connectivity index (χ3n) is 4.23. The van der Waals surface area contributed by atoms with Gasteiger partial charge in [-0.1, -0.05) is 6.92 Å². The van der Waals surface area contributed by atoms with Crippen molar-refractivity contribution in [2.24, 2.45) is 0 Å². The van der Waals surface area contributed by atoms with Crippen LogP contribution in [0.1, 0.15) is 39.5 Å². The highest BCUT2D eigenvalue weighted by molar-refractivity contribution is 5.04. The van der Waals surface area contributed by atoms with Gasteiger partial charge in [0, 0.05) is 12.6 Å². The highest BCUT2D eigenvalue weighted by atomic mass is 15.2. The Morgan fingerprint density at radius 3 is 2.47 bits per heavy atom. The fourth-order valence-corrected chi connectivity index (χ4v) is 2.63. The molecule has 1 unspecified atom stereocenters. The zero-order valence-electron chi connectivity index (χ0n) is 13.1. The van der Waals surface area contributed by atoms with E-state index in [1.165, 1.54) is 12.8 Å². The average Bonchev–Trinajstić information content (AvgIpc) is 2.43. The van der Waals surface area contributed by atoms with Crippen LogP contribution in [0.4, 0.5) is 0 Å². The van der Waals surface area contributed by atoms with Gasteiger partial charge in [-0.2, -0.15) is 5.26 Å². The van der Waals surface area contributed by atoms with Crippen molar-refractivity contribution in [2.45, 2.75) is 51.1 Å². The Bertz CT molecular complexity index is 289. The van der Waals surface area contributed by atoms with Crippen LogP contribution in [0.2, 0.25) is 0 Å². The number of hydrogen-bond acceptors (Lipinski definition) is 4. The Balaban J connectivity index is 2.31. The highest BCUT2D eigenvalue weighted by Gasteiger charge is 2.25. The molecule has 1 heterocycles. The van der Waals surface area contributed by atoms with Crippen molar-refractivity contribution in [3.05, 3.63) is 0 Å². The number of rotatable bonds is 7. The summed E-state index contributed by atoms with van der Waals surface area (Å²) in [5.74, 6) is 0. The molecule has 110 valence electrons. The summed E-state index contributed by atoms with van der Waals surface area (Å²) in [7, 11) is 4.34. The Kier molecular flexibility index (Phi) is 6.78. The Morgan fingerprint density at radius 1 is 1.37 bits per heavy atom. The number of piperidine rings is 1. The molecule has 0 bridgehead atoms. The fourth-order valence-electron chi connectivity index (χ4n) is 2.63. The van der Waals surface area contributed by atoms with Crippen molar-refractivity contribution in [3.8, 4) is 6.07 Å². The van der Waals surface area contributed by atoms with Crippen LogP contribution in [0.5, 0.6) is 0 Å². The smallest absolute Gasteiger partial charge is 0.105 e. The summed E-state index contributed by atoms with van der Waals surface area (Å²) in [5.41, 5.74) is -0.367. The van der Waals surface area contributed by atoms with E-state index in [0.717, 1.165) is 45.1 Å². The second kappa shape index (κ2) is 7.84. The first-order chi connectivity index (χ1) is 9.00. The first kappa shape index (κ1) is 16.4. The van der Waals surface area contributed by atoms with Crippen molar-refractivity contribution in [3.63, 3.8) is 0 Å². The largest absolute Gasteiger partial charge is 0.306 e. The summed E-state index contributed by atoms with van der Waals surface area (Å²) >= 11 is 0. The zero-order valence-corrected chi connectivity index (χ0v) is 13.1. The molecule has 1 aliphatic heterocycles. The van der Waals surface area contributed by atoms with Gasteiger partial charge in [0.2, 0.25) is 0 Å². The van der Waals surface area contributed by atoms with E-state index in [4.69, 9.17) is 0 Å². The summed E-state index contributed by atoms with van der Waals surface area (Å²) in [4.78, 5) is 4.84. The van der Waals surface area contributed by atoms with Crippen LogP contribution in [0.25, 0.3) is 0 Å². The first-order valence-corrected chi connectivity index (χ1v) is 7.56. The highest BCUT2D eigenvalue weighted by Crippen LogP contribution is 2.16. The quantitative estimate of drug-likeness (QED) is 0.761. The van der Waals surface area contributed by atoms with E-state index in [2.05, 4.69) is 42.2 Å². The van der Waals surface area contributed by atoms with Crippen LogP contribution < -0.4 is 5.32 Å². The maximum atomic E-state index is 9.32. The molecule has 0 aromatic rings. The van der Waals surface area contributed by atoms with Crippen LogP contribution in [0, 0.1) is 11.3 Å². The van der Waals surface area contributed by atoms with Gasteiger partial charge < -0.3 is 9.80 Å². The molecule has 4 nitrogen and oxygen atoms in total. The lowest BCUT2D eigenvalue weighted by atomic mass is 9.97. The zero-order chi connectivity index (χ0) is 14.3. The lowest BCUT2D eigenvalue weighted by Crippen LogP contribution is -2.47. The molecule has 0 aromatic heterocycles. The van der Waals surface area contributed by atoms with Gasteiger partial charge in [-0.3, -0.25) is 5.32 Å². The molecule has 1 rings (SSSR count). The molecule has 1 fully saturated rings. The molecule has 0 radical (unpaired) electrons. The topological polar surface area (TPSA) is 42.3 Å². The van der Waals surface area contributed by atoms with Crippen molar-refractivity contribution >= 4 is 0 Å². The molecule has 1 N–H and O–H groups in total. The summed E-state index contributed by atoms with van der Waals surface area (Å²) < 4.78 is 0. The molecule has 1 aliphatic rings. The summed E-state index contributed by atoms with van der Waals surface area (Å²) in [6, 6.07) is 3.17. The van der Waals surface area contributed by atoms with Gasteiger partial charge in [-0.25, -0.2) is 0 Å². The molecule has 0 spiro atoms. The Labute approximate surface area is 118 Å². The SMILES string of the molecule is CCCNC(C)(C#N)CCN1CCC(N(C)C)CC1. The summed E-state index contributed by atoms with van der Waals surface area (Å²) in [5, 5.41) is 12.7. The number of likely N-dealkylation sites (tertiary alicyclic amines) is 1. The maximum absolute atomic E-state index is 9.32. The minimum atomic E-state index is -0.367. The van der Waals surface area contributed by atoms with Crippen LogP contribution in [-0.4, -0.2) is 61.7 Å². The lowest BCUT2D eigenvalue weighted by molar-refractivity contribution is 0.138. The summed E-state index contributed by atoms with van der Waals surface area (Å²) in [6.07, 6.45) is 4.49. The van der Waals surface area contributed by atoms with Gasteiger partial charge in [0.25, 0.3) is 0 Å². The van der Waals surface area contributed by atoms with Gasteiger partial charge in [0.1, 0.15) is 5.54 Å².